The molecule has 1 unspecified atom stereocenters. The minimum absolute atomic E-state index is 0.0206. The van der Waals surface area contributed by atoms with E-state index in [1.807, 2.05) is 4.90 Å². The molecule has 0 N–H and O–H groups in total. The number of carbonyl (C=O) groups is 3. The van der Waals surface area contributed by atoms with Crippen molar-refractivity contribution in [2.24, 2.45) is 0 Å². The molecule has 1 aromatic carbocycles. The Labute approximate surface area is 175 Å². The van der Waals surface area contributed by atoms with Crippen LogP contribution in [0.15, 0.2) is 18.2 Å². The number of Topliss-reactive ketones (excluding diaryl/α,β-unsaturated/α-hetero) is 2. The zero-order valence-electron chi connectivity index (χ0n) is 17.4. The summed E-state index contributed by atoms with van der Waals surface area (Å²) in [7, 11) is 0. The lowest BCUT2D eigenvalue weighted by Crippen LogP contribution is -2.31. The number of piperidine rings is 1. The molecular formula is C21H28N2O7. The van der Waals surface area contributed by atoms with Gasteiger partial charge in [-0.15, -0.1) is 0 Å². The Morgan fingerprint density at radius 3 is 2.43 bits per heavy atom. The van der Waals surface area contributed by atoms with Crippen LogP contribution in [-0.4, -0.2) is 55.4 Å². The molecule has 1 aromatic rings. The van der Waals surface area contributed by atoms with Gasteiger partial charge in [-0.1, -0.05) is 12.1 Å². The van der Waals surface area contributed by atoms with Crippen molar-refractivity contribution < 1.29 is 28.8 Å². The van der Waals surface area contributed by atoms with E-state index in [1.165, 1.54) is 6.07 Å². The van der Waals surface area contributed by atoms with Gasteiger partial charge in [-0.3, -0.25) is 19.7 Å². The van der Waals surface area contributed by atoms with E-state index >= 15 is 0 Å². The Hall–Kier alpha value is -2.81. The van der Waals surface area contributed by atoms with E-state index < -0.39 is 34.8 Å². The highest BCUT2D eigenvalue weighted by Gasteiger charge is 2.35. The summed E-state index contributed by atoms with van der Waals surface area (Å²) < 4.78 is 9.90. The van der Waals surface area contributed by atoms with Crippen molar-refractivity contribution in [3.63, 3.8) is 0 Å². The van der Waals surface area contributed by atoms with Gasteiger partial charge in [0, 0.05) is 31.7 Å². The van der Waals surface area contributed by atoms with Gasteiger partial charge in [0.15, 0.2) is 5.78 Å². The van der Waals surface area contributed by atoms with Crippen molar-refractivity contribution in [3.05, 3.63) is 33.9 Å². The molecule has 0 bridgehead atoms. The lowest BCUT2D eigenvalue weighted by molar-refractivity contribution is -0.384. The first kappa shape index (κ1) is 23.5. The number of ketones is 2. The smallest absolute Gasteiger partial charge is 0.374 e. The zero-order valence-corrected chi connectivity index (χ0v) is 17.4. The summed E-state index contributed by atoms with van der Waals surface area (Å²) in [6, 6.07) is 4.77. The highest BCUT2D eigenvalue weighted by Crippen LogP contribution is 2.38. The summed E-state index contributed by atoms with van der Waals surface area (Å²) in [5.74, 6) is -3.61. The summed E-state index contributed by atoms with van der Waals surface area (Å²) in [5, 5.41) is 12.0. The molecule has 1 aliphatic heterocycles. The molecule has 0 amide bonds. The fraction of sp³-hybridized carbons (Fsp3) is 0.571. The topological polar surface area (TPSA) is 116 Å². The first-order chi connectivity index (χ1) is 14.4. The molecule has 0 saturated carbocycles. The number of nitro benzene ring substituents is 1. The molecule has 0 radical (unpaired) electrons. The number of rotatable bonds is 11. The van der Waals surface area contributed by atoms with Gasteiger partial charge >= 0.3 is 5.97 Å². The van der Waals surface area contributed by atoms with Crippen molar-refractivity contribution in [2.45, 2.75) is 45.4 Å². The van der Waals surface area contributed by atoms with Crippen LogP contribution in [0.4, 0.5) is 11.4 Å². The van der Waals surface area contributed by atoms with Crippen molar-refractivity contribution in [3.8, 4) is 0 Å². The molecule has 0 aliphatic carbocycles. The number of hydrogen-bond acceptors (Lipinski definition) is 8. The number of anilines is 1. The molecular weight excluding hydrogens is 392 g/mol. The number of nitro groups is 1. The number of benzene rings is 1. The second-order valence-corrected chi connectivity index (χ2v) is 7.02. The van der Waals surface area contributed by atoms with Crippen LogP contribution >= 0.6 is 0 Å². The SMILES string of the molecule is CCOCC(=O)C(CC(=O)C(=O)OCC)c1cccc(N2CCCCC2)c1[N+](=O)[O-]. The van der Waals surface area contributed by atoms with Crippen LogP contribution < -0.4 is 4.90 Å². The maximum atomic E-state index is 12.8. The maximum absolute atomic E-state index is 12.8. The number of carbonyl (C=O) groups excluding carboxylic acids is 3. The maximum Gasteiger partial charge on any atom is 0.374 e. The van der Waals surface area contributed by atoms with Crippen LogP contribution in [0.5, 0.6) is 0 Å². The third kappa shape index (κ3) is 5.85. The van der Waals surface area contributed by atoms with E-state index in [0.29, 0.717) is 18.8 Å². The lowest BCUT2D eigenvalue weighted by Gasteiger charge is -2.29. The minimum atomic E-state index is -1.17. The minimum Gasteiger partial charge on any atom is -0.460 e. The molecule has 0 aromatic heterocycles. The molecule has 9 nitrogen and oxygen atoms in total. The number of esters is 1. The standard InChI is InChI=1S/C21H28N2O7/c1-3-29-14-19(25)16(13-18(24)21(26)30-4-2)15-9-8-10-17(20(15)23(27)28)22-11-6-5-7-12-22/h8-10,16H,3-7,11-14H2,1-2H3. The van der Waals surface area contributed by atoms with Gasteiger partial charge in [0.25, 0.3) is 5.69 Å². The fourth-order valence-corrected chi connectivity index (χ4v) is 3.60. The molecule has 1 fully saturated rings. The van der Waals surface area contributed by atoms with E-state index in [9.17, 15) is 24.5 Å². The van der Waals surface area contributed by atoms with Crippen molar-refractivity contribution in [1.82, 2.24) is 0 Å². The van der Waals surface area contributed by atoms with E-state index in [4.69, 9.17) is 9.47 Å². The second-order valence-electron chi connectivity index (χ2n) is 7.02. The largest absolute Gasteiger partial charge is 0.460 e. The molecule has 30 heavy (non-hydrogen) atoms. The normalized spacial score (nSPS) is 14.8. The Morgan fingerprint density at radius 2 is 1.83 bits per heavy atom. The van der Waals surface area contributed by atoms with Gasteiger partial charge in [0.05, 0.1) is 17.4 Å². The van der Waals surface area contributed by atoms with E-state index in [0.717, 1.165) is 19.3 Å². The monoisotopic (exact) mass is 420 g/mol. The first-order valence-corrected chi connectivity index (χ1v) is 10.2. The molecule has 1 saturated heterocycles. The lowest BCUT2D eigenvalue weighted by atomic mass is 9.88. The number of hydrogen-bond donors (Lipinski definition) is 0. The number of para-hydroxylation sites is 1. The summed E-state index contributed by atoms with van der Waals surface area (Å²) >= 11 is 0. The van der Waals surface area contributed by atoms with Crippen LogP contribution in [0.3, 0.4) is 0 Å². The first-order valence-electron chi connectivity index (χ1n) is 10.2. The predicted octanol–water partition coefficient (Wildman–Crippen LogP) is 2.80. The Morgan fingerprint density at radius 1 is 1.13 bits per heavy atom. The van der Waals surface area contributed by atoms with Gasteiger partial charge in [0.2, 0.25) is 5.78 Å². The third-order valence-corrected chi connectivity index (χ3v) is 5.03. The van der Waals surface area contributed by atoms with Gasteiger partial charge in [-0.2, -0.15) is 0 Å². The molecule has 0 spiro atoms. The molecule has 1 heterocycles. The van der Waals surface area contributed by atoms with E-state index in [1.54, 1.807) is 26.0 Å². The van der Waals surface area contributed by atoms with Crippen LogP contribution in [-0.2, 0) is 23.9 Å². The molecule has 1 aliphatic rings. The van der Waals surface area contributed by atoms with Crippen LogP contribution in [0, 0.1) is 10.1 Å². The predicted molar refractivity (Wildman–Crippen MR) is 110 cm³/mol. The second kappa shape index (κ2) is 11.4. The number of nitrogens with zero attached hydrogens (tertiary/aromatic N) is 2. The average Bonchev–Trinajstić information content (AvgIpc) is 2.75. The van der Waals surface area contributed by atoms with Gasteiger partial charge in [0.1, 0.15) is 12.3 Å². The fourth-order valence-electron chi connectivity index (χ4n) is 3.60. The van der Waals surface area contributed by atoms with Gasteiger partial charge in [-0.25, -0.2) is 4.79 Å². The molecule has 2 rings (SSSR count). The Balaban J connectivity index is 2.47. The summed E-state index contributed by atoms with van der Waals surface area (Å²) in [6.07, 6.45) is 2.41. The molecule has 164 valence electrons. The third-order valence-electron chi connectivity index (χ3n) is 5.03. The molecule has 1 atom stereocenters. The van der Waals surface area contributed by atoms with E-state index in [2.05, 4.69) is 0 Å². The van der Waals surface area contributed by atoms with Gasteiger partial charge < -0.3 is 14.4 Å². The van der Waals surface area contributed by atoms with Crippen molar-refractivity contribution in [1.29, 1.82) is 0 Å². The number of ether oxygens (including phenoxy) is 2. The highest BCUT2D eigenvalue weighted by atomic mass is 16.6. The Kier molecular flexibility index (Phi) is 8.91. The summed E-state index contributed by atoms with van der Waals surface area (Å²) in [4.78, 5) is 50.4. The van der Waals surface area contributed by atoms with Crippen molar-refractivity contribution >= 4 is 28.9 Å². The summed E-state index contributed by atoms with van der Waals surface area (Å²) in [6.45, 7) is 4.64. The van der Waals surface area contributed by atoms with Crippen LogP contribution in [0.2, 0.25) is 0 Å². The van der Waals surface area contributed by atoms with Crippen LogP contribution in [0.1, 0.15) is 51.0 Å². The van der Waals surface area contributed by atoms with Crippen molar-refractivity contribution in [2.75, 3.05) is 37.8 Å². The highest BCUT2D eigenvalue weighted by molar-refractivity contribution is 6.34. The zero-order chi connectivity index (χ0) is 22.1. The van der Waals surface area contributed by atoms with Gasteiger partial charge in [-0.05, 0) is 39.2 Å². The van der Waals surface area contributed by atoms with Crippen LogP contribution in [0.25, 0.3) is 0 Å². The summed E-state index contributed by atoms with van der Waals surface area (Å²) in [5.41, 5.74) is 0.339. The van der Waals surface area contributed by atoms with E-state index in [-0.39, 0.29) is 31.1 Å². The molecule has 9 heteroatoms. The quantitative estimate of drug-likeness (QED) is 0.232. The Bertz CT molecular complexity index is 788. The average molecular weight is 420 g/mol.